The van der Waals surface area contributed by atoms with Gasteiger partial charge in [0, 0.05) is 23.9 Å². The van der Waals surface area contributed by atoms with Gasteiger partial charge in [0.05, 0.1) is 17.8 Å². The standard InChI is InChI=1S/C22H19ClF3N5O4S/c1-2-34-20-21(36)35-17(9-32)19(33)22(20,12-5-11(23)7-28-15(12)6-27)31-8-16(29-30-31)10-3-13(24)18(26)14(25)4-10/h3-5,7-8,17,19-21,32-33,36H,2,9H2,1H3/t17-,19+,20+,21-,22+/m0/s1. The Balaban J connectivity index is 2.03. The van der Waals surface area contributed by atoms with Crippen LogP contribution in [0.3, 0.4) is 0 Å². The number of pyridine rings is 1. The fourth-order valence-electron chi connectivity index (χ4n) is 4.34. The zero-order valence-electron chi connectivity index (χ0n) is 18.5. The largest absolute Gasteiger partial charge is 0.394 e. The average Bonchev–Trinajstić information content (AvgIpc) is 3.35. The molecule has 2 aromatic heterocycles. The van der Waals surface area contributed by atoms with Crippen molar-refractivity contribution in [1.29, 1.82) is 5.26 Å². The van der Waals surface area contributed by atoms with Crippen molar-refractivity contribution >= 4 is 24.2 Å². The van der Waals surface area contributed by atoms with Crippen molar-refractivity contribution in [3.63, 3.8) is 0 Å². The minimum atomic E-state index is -1.86. The fourth-order valence-corrected chi connectivity index (χ4v) is 4.97. The zero-order chi connectivity index (χ0) is 26.2. The Morgan fingerprint density at radius 2 is 2.00 bits per heavy atom. The van der Waals surface area contributed by atoms with Crippen molar-refractivity contribution in [3.8, 4) is 17.3 Å². The molecule has 0 spiro atoms. The van der Waals surface area contributed by atoms with Crippen LogP contribution in [0.4, 0.5) is 13.2 Å². The van der Waals surface area contributed by atoms with Crippen molar-refractivity contribution in [1.82, 2.24) is 20.0 Å². The Morgan fingerprint density at radius 1 is 1.31 bits per heavy atom. The number of aliphatic hydroxyl groups excluding tert-OH is 2. The van der Waals surface area contributed by atoms with E-state index in [2.05, 4.69) is 27.9 Å². The van der Waals surface area contributed by atoms with Crippen molar-refractivity contribution < 1.29 is 32.9 Å². The molecule has 1 aromatic carbocycles. The normalized spacial score (nSPS) is 26.1. The third kappa shape index (κ3) is 4.23. The first-order valence-electron chi connectivity index (χ1n) is 10.6. The lowest BCUT2D eigenvalue weighted by molar-refractivity contribution is -0.218. The van der Waals surface area contributed by atoms with E-state index in [0.717, 1.165) is 16.8 Å². The summed E-state index contributed by atoms with van der Waals surface area (Å²) in [6, 6.07) is 4.79. The summed E-state index contributed by atoms with van der Waals surface area (Å²) in [5, 5.41) is 39.5. The van der Waals surface area contributed by atoms with E-state index < -0.39 is 53.3 Å². The number of halogens is 4. The molecule has 0 radical (unpaired) electrons. The molecular formula is C22H19ClF3N5O4S. The van der Waals surface area contributed by atoms with Gasteiger partial charge in [-0.15, -0.1) is 17.7 Å². The Kier molecular flexibility index (Phi) is 7.56. The maximum atomic E-state index is 13.9. The van der Waals surface area contributed by atoms with Gasteiger partial charge in [-0.05, 0) is 25.1 Å². The first kappa shape index (κ1) is 26.3. The van der Waals surface area contributed by atoms with E-state index in [1.807, 2.05) is 6.07 Å². The number of hydrogen-bond donors (Lipinski definition) is 3. The van der Waals surface area contributed by atoms with E-state index >= 15 is 0 Å². The molecule has 36 heavy (non-hydrogen) atoms. The maximum Gasteiger partial charge on any atom is 0.194 e. The zero-order valence-corrected chi connectivity index (χ0v) is 20.2. The third-order valence-electron chi connectivity index (χ3n) is 5.88. The number of nitrogens with zero attached hydrogens (tertiary/aromatic N) is 5. The topological polar surface area (TPSA) is 126 Å². The predicted molar refractivity (Wildman–Crippen MR) is 123 cm³/mol. The van der Waals surface area contributed by atoms with Gasteiger partial charge in [-0.3, -0.25) is 0 Å². The summed E-state index contributed by atoms with van der Waals surface area (Å²) >= 11 is 10.7. The molecule has 5 atom stereocenters. The Hall–Kier alpha value is -2.73. The van der Waals surface area contributed by atoms with E-state index in [9.17, 15) is 28.6 Å². The van der Waals surface area contributed by atoms with Crippen LogP contribution >= 0.6 is 24.2 Å². The van der Waals surface area contributed by atoms with Crippen LogP contribution < -0.4 is 0 Å². The molecule has 0 amide bonds. The second kappa shape index (κ2) is 10.3. The van der Waals surface area contributed by atoms with Crippen LogP contribution in [0.15, 0.2) is 30.6 Å². The molecule has 1 saturated heterocycles. The van der Waals surface area contributed by atoms with E-state index in [4.69, 9.17) is 21.1 Å². The van der Waals surface area contributed by atoms with Crippen molar-refractivity contribution in [2.75, 3.05) is 13.2 Å². The first-order valence-corrected chi connectivity index (χ1v) is 11.5. The fraction of sp³-hybridized carbons (Fsp3) is 0.364. The summed E-state index contributed by atoms with van der Waals surface area (Å²) < 4.78 is 54.0. The van der Waals surface area contributed by atoms with Gasteiger partial charge < -0.3 is 19.7 Å². The molecule has 9 nitrogen and oxygen atoms in total. The van der Waals surface area contributed by atoms with E-state index in [-0.39, 0.29) is 34.1 Å². The molecule has 190 valence electrons. The van der Waals surface area contributed by atoms with Crippen molar-refractivity contribution in [3.05, 3.63) is 64.3 Å². The number of nitriles is 1. The predicted octanol–water partition coefficient (Wildman–Crippen LogP) is 2.44. The van der Waals surface area contributed by atoms with Gasteiger partial charge in [0.2, 0.25) is 0 Å². The number of thiol groups is 1. The van der Waals surface area contributed by atoms with Crippen molar-refractivity contribution in [2.24, 2.45) is 0 Å². The first-order chi connectivity index (χ1) is 17.2. The number of hydrogen-bond acceptors (Lipinski definition) is 9. The number of aliphatic hydroxyl groups is 2. The van der Waals surface area contributed by atoms with Crippen LogP contribution in [-0.4, -0.2) is 67.2 Å². The van der Waals surface area contributed by atoms with Crippen LogP contribution in [-0.2, 0) is 15.0 Å². The molecule has 2 N–H and O–H groups in total. The number of benzene rings is 1. The van der Waals surface area contributed by atoms with Crippen LogP contribution in [0.25, 0.3) is 11.3 Å². The lowest BCUT2D eigenvalue weighted by Gasteiger charge is -2.51. The van der Waals surface area contributed by atoms with Gasteiger partial charge in [0.1, 0.15) is 46.7 Å². The van der Waals surface area contributed by atoms with Gasteiger partial charge in [-0.2, -0.15) is 5.26 Å². The molecule has 14 heteroatoms. The van der Waals surface area contributed by atoms with Gasteiger partial charge in [0.25, 0.3) is 0 Å². The highest BCUT2D eigenvalue weighted by Gasteiger charge is 2.60. The van der Waals surface area contributed by atoms with Crippen molar-refractivity contribution in [2.45, 2.75) is 36.2 Å². The highest BCUT2D eigenvalue weighted by atomic mass is 35.5. The molecule has 0 saturated carbocycles. The minimum absolute atomic E-state index is 0.0529. The average molecular weight is 542 g/mol. The maximum absolute atomic E-state index is 13.9. The summed E-state index contributed by atoms with van der Waals surface area (Å²) in [5.74, 6) is -4.52. The smallest absolute Gasteiger partial charge is 0.194 e. The summed E-state index contributed by atoms with van der Waals surface area (Å²) in [7, 11) is 0. The molecule has 0 unspecified atom stereocenters. The molecular weight excluding hydrogens is 523 g/mol. The summed E-state index contributed by atoms with van der Waals surface area (Å²) in [5.41, 5.74) is -3.27. The third-order valence-corrected chi connectivity index (χ3v) is 6.48. The van der Waals surface area contributed by atoms with Crippen LogP contribution in [0.2, 0.25) is 5.02 Å². The highest BCUT2D eigenvalue weighted by Crippen LogP contribution is 2.45. The van der Waals surface area contributed by atoms with E-state index in [0.29, 0.717) is 0 Å². The van der Waals surface area contributed by atoms with E-state index in [1.165, 1.54) is 18.5 Å². The van der Waals surface area contributed by atoms with Gasteiger partial charge in [-0.25, -0.2) is 22.8 Å². The van der Waals surface area contributed by atoms with Crippen LogP contribution in [0, 0.1) is 28.8 Å². The SMILES string of the molecule is CCO[C@@H]1[C@H](S)O[C@@H](CO)[C@@H](O)[C@@]1(c1cc(Cl)cnc1C#N)n1cc(-c2cc(F)c(F)c(F)c2)nn1. The van der Waals surface area contributed by atoms with Gasteiger partial charge in [0.15, 0.2) is 17.5 Å². The Morgan fingerprint density at radius 3 is 2.61 bits per heavy atom. The molecule has 0 bridgehead atoms. The number of rotatable bonds is 6. The summed E-state index contributed by atoms with van der Waals surface area (Å²) in [6.07, 6.45) is -1.57. The monoisotopic (exact) mass is 541 g/mol. The lowest BCUT2D eigenvalue weighted by Crippen LogP contribution is -2.68. The van der Waals surface area contributed by atoms with E-state index in [1.54, 1.807) is 6.92 Å². The van der Waals surface area contributed by atoms with Crippen LogP contribution in [0.1, 0.15) is 18.2 Å². The van der Waals surface area contributed by atoms with Crippen LogP contribution in [0.5, 0.6) is 0 Å². The molecule has 0 aliphatic carbocycles. The second-order valence-corrected chi connectivity index (χ2v) is 8.80. The quantitative estimate of drug-likeness (QED) is 0.321. The summed E-state index contributed by atoms with van der Waals surface area (Å²) in [6.45, 7) is 1.13. The highest BCUT2D eigenvalue weighted by molar-refractivity contribution is 7.80. The Labute approximate surface area is 213 Å². The molecule has 3 heterocycles. The molecule has 3 aromatic rings. The second-order valence-electron chi connectivity index (χ2n) is 7.86. The minimum Gasteiger partial charge on any atom is -0.394 e. The molecule has 1 fully saturated rings. The molecule has 1 aliphatic rings. The lowest BCUT2D eigenvalue weighted by atomic mass is 9.74. The molecule has 4 rings (SSSR count). The van der Waals surface area contributed by atoms with Gasteiger partial charge in [-0.1, -0.05) is 16.8 Å². The Bertz CT molecular complexity index is 1300. The molecule has 1 aliphatic heterocycles. The number of ether oxygens (including phenoxy) is 2. The summed E-state index contributed by atoms with van der Waals surface area (Å²) in [4.78, 5) is 4.05. The number of aromatic nitrogens is 4. The van der Waals surface area contributed by atoms with Gasteiger partial charge >= 0.3 is 0 Å².